The lowest BCUT2D eigenvalue weighted by molar-refractivity contribution is -0.221. The standard InChI is InChI=1S/C55H64F10N10O9/c1-51(2,3)84-50(81)75-34-17-18-35(75)27-72(26-34)42-19-16-32(25-66-42)15-12-30-10-13-31(14-11-30)22-40(67-45(77)43(68-48(79)82-8)52(4,5)54(60,61)62)41(76)29-73(71-46(78)44(69-49(80)83-9)53(6,7)55(63,64)65)28-36-37(56)23-33(24-38(36)57)39-20-21-74(70-39)47(58)59/h10-11,13-14,16,19-21,23-25,34-35,40-41,43-44,47,76H,17-18,22,26-29H2,1-9H3,(H,67,77)(H,68,79)(H,69,80)(H,71,78)/t34?,35?,40-,41-,43?,44?/m0/s1. The fourth-order valence-corrected chi connectivity index (χ4v) is 9.27. The molecule has 0 spiro atoms. The maximum Gasteiger partial charge on any atom is 0.410 e. The Morgan fingerprint density at radius 3 is 1.75 bits per heavy atom. The number of hydrogen-bond donors (Lipinski definition) is 5. The number of alkyl carbamates (subject to hydrolysis) is 2. The Balaban J connectivity index is 1.31. The first-order chi connectivity index (χ1) is 39.0. The zero-order valence-corrected chi connectivity index (χ0v) is 47.0. The summed E-state index contributed by atoms with van der Waals surface area (Å²) in [6.45, 7) is 3.31. The number of alkyl halides is 8. The molecular formula is C55H64F10N10O9. The van der Waals surface area contributed by atoms with Gasteiger partial charge >= 0.3 is 37.2 Å². The number of carbonyl (C=O) groups excluding carboxylic acids is 5. The van der Waals surface area contributed by atoms with E-state index in [1.54, 1.807) is 28.5 Å². The minimum Gasteiger partial charge on any atom is -0.453 e. The molecule has 2 bridgehead atoms. The Kier molecular flexibility index (Phi) is 20.2. The van der Waals surface area contributed by atoms with E-state index in [1.807, 2.05) is 31.5 Å². The third kappa shape index (κ3) is 15.9. The number of rotatable bonds is 18. The fraction of sp³-hybridized carbons (Fsp3) is 0.509. The average Bonchev–Trinajstić information content (AvgIpc) is 2.31. The monoisotopic (exact) mass is 1200 g/mol. The van der Waals surface area contributed by atoms with Gasteiger partial charge in [0.2, 0.25) is 5.91 Å². The van der Waals surface area contributed by atoms with Gasteiger partial charge in [-0.25, -0.2) is 37.8 Å². The minimum atomic E-state index is -5.24. The lowest BCUT2D eigenvalue weighted by atomic mass is 9.82. The van der Waals surface area contributed by atoms with Crippen LogP contribution in [0.5, 0.6) is 0 Å². The number of aliphatic hydroxyl groups excluding tert-OH is 1. The number of halogens is 10. The summed E-state index contributed by atoms with van der Waals surface area (Å²) in [6.07, 6.45) is -12.4. The summed E-state index contributed by atoms with van der Waals surface area (Å²) in [7, 11) is 1.59. The number of pyridine rings is 1. The molecule has 4 heterocycles. The molecule has 4 unspecified atom stereocenters. The van der Waals surface area contributed by atoms with Crippen molar-refractivity contribution in [3.05, 3.63) is 101 Å². The van der Waals surface area contributed by atoms with Crippen molar-refractivity contribution in [1.82, 2.24) is 46.0 Å². The quantitative estimate of drug-likeness (QED) is 0.0275. The van der Waals surface area contributed by atoms with Crippen LogP contribution in [0, 0.1) is 34.3 Å². The normalized spacial score (nSPS) is 17.1. The molecule has 0 radical (unpaired) electrons. The molecule has 2 aliphatic rings. The molecule has 0 aliphatic carbocycles. The summed E-state index contributed by atoms with van der Waals surface area (Å²) in [6, 6.07) is 4.87. The van der Waals surface area contributed by atoms with Crippen LogP contribution in [0.1, 0.15) is 90.1 Å². The van der Waals surface area contributed by atoms with Crippen molar-refractivity contribution in [2.75, 3.05) is 38.8 Å². The number of nitrogens with one attached hydrogen (secondary N) is 4. The van der Waals surface area contributed by atoms with Crippen LogP contribution >= 0.6 is 0 Å². The van der Waals surface area contributed by atoms with Crippen LogP contribution in [-0.2, 0) is 36.8 Å². The Bertz CT molecular complexity index is 3030. The highest BCUT2D eigenvalue weighted by Crippen LogP contribution is 2.42. The first-order valence-electron chi connectivity index (χ1n) is 26.0. The summed E-state index contributed by atoms with van der Waals surface area (Å²) in [5.41, 5.74) is -5.26. The average molecular weight is 1200 g/mol. The first kappa shape index (κ1) is 65.3. The van der Waals surface area contributed by atoms with E-state index in [0.717, 1.165) is 39.3 Å². The van der Waals surface area contributed by atoms with E-state index >= 15 is 8.78 Å². The Morgan fingerprint density at radius 2 is 1.27 bits per heavy atom. The van der Waals surface area contributed by atoms with Gasteiger partial charge in [-0.2, -0.15) is 40.2 Å². The van der Waals surface area contributed by atoms with Gasteiger partial charge in [0, 0.05) is 60.8 Å². The second-order valence-corrected chi connectivity index (χ2v) is 22.2. The van der Waals surface area contributed by atoms with Crippen molar-refractivity contribution in [3.8, 4) is 23.1 Å². The molecule has 458 valence electrons. The van der Waals surface area contributed by atoms with Crippen LogP contribution < -0.4 is 26.3 Å². The zero-order chi connectivity index (χ0) is 62.4. The Hall–Kier alpha value is -7.87. The number of anilines is 1. The second-order valence-electron chi connectivity index (χ2n) is 22.2. The SMILES string of the molecule is COC(=O)NC(C(=O)N[C@@H](Cc1ccc(C#Cc2ccc(N3CC4CCC(C3)N4C(=O)OC(C)(C)C)nc2)cc1)[C@@H](O)CN(Cc1c(F)cc(-c2ccn(C(F)F)n2)cc1F)NC(=O)C(NC(=O)OC)C(C)(C)C(F)(F)F)C(C)(C)C(F)(F)F. The third-order valence-corrected chi connectivity index (χ3v) is 14.3. The molecule has 29 heteroatoms. The van der Waals surface area contributed by atoms with E-state index in [4.69, 9.17) is 4.74 Å². The number of fused-ring (bicyclic) bond motifs is 2. The number of hydrazine groups is 1. The highest BCUT2D eigenvalue weighted by Gasteiger charge is 2.57. The number of methoxy groups -OCH3 is 2. The van der Waals surface area contributed by atoms with E-state index in [9.17, 15) is 64.2 Å². The van der Waals surface area contributed by atoms with Crippen molar-refractivity contribution in [2.45, 2.75) is 135 Å². The molecule has 2 aromatic carbocycles. The molecule has 4 aromatic rings. The van der Waals surface area contributed by atoms with Gasteiger partial charge in [0.1, 0.15) is 35.1 Å². The second kappa shape index (κ2) is 26.0. The number of benzene rings is 2. The number of amides is 5. The maximum atomic E-state index is 16.1. The molecule has 6 atom stereocenters. The number of aliphatic hydroxyl groups is 1. The van der Waals surface area contributed by atoms with Crippen LogP contribution in [0.25, 0.3) is 11.3 Å². The Morgan fingerprint density at radius 1 is 0.750 bits per heavy atom. The number of aromatic nitrogens is 3. The summed E-state index contributed by atoms with van der Waals surface area (Å²) in [4.78, 5) is 74.4. The van der Waals surface area contributed by atoms with E-state index in [2.05, 4.69) is 41.6 Å². The molecule has 2 aliphatic heterocycles. The summed E-state index contributed by atoms with van der Waals surface area (Å²) in [5, 5.41) is 22.0. The topological polar surface area (TPSA) is 222 Å². The Labute approximate surface area is 476 Å². The fourth-order valence-electron chi connectivity index (χ4n) is 9.27. The van der Waals surface area contributed by atoms with E-state index in [-0.39, 0.29) is 39.7 Å². The van der Waals surface area contributed by atoms with Gasteiger partial charge in [-0.3, -0.25) is 19.9 Å². The molecular weight excluding hydrogens is 1130 g/mol. The lowest BCUT2D eigenvalue weighted by Gasteiger charge is -2.41. The number of carbonyl (C=O) groups is 5. The van der Waals surface area contributed by atoms with Gasteiger partial charge in [0.15, 0.2) is 0 Å². The van der Waals surface area contributed by atoms with Crippen molar-refractivity contribution in [2.24, 2.45) is 10.8 Å². The van der Waals surface area contributed by atoms with E-state index < -0.39 is 120 Å². The molecule has 5 N–H and O–H groups in total. The predicted octanol–water partition coefficient (Wildman–Crippen LogP) is 8.15. The molecule has 6 rings (SSSR count). The van der Waals surface area contributed by atoms with E-state index in [1.165, 1.54) is 24.3 Å². The van der Waals surface area contributed by atoms with Gasteiger partial charge < -0.3 is 40.2 Å². The first-order valence-corrected chi connectivity index (χ1v) is 26.0. The third-order valence-electron chi connectivity index (χ3n) is 14.3. The minimum absolute atomic E-state index is 0.0576. The molecule has 19 nitrogen and oxygen atoms in total. The van der Waals surface area contributed by atoms with E-state index in [0.29, 0.717) is 74.9 Å². The lowest BCUT2D eigenvalue weighted by Crippen LogP contribution is -2.63. The van der Waals surface area contributed by atoms with Crippen molar-refractivity contribution in [3.63, 3.8) is 0 Å². The molecule has 2 fully saturated rings. The van der Waals surface area contributed by atoms with Crippen LogP contribution in [0.2, 0.25) is 0 Å². The van der Waals surface area contributed by atoms with Crippen molar-refractivity contribution >= 4 is 35.9 Å². The van der Waals surface area contributed by atoms with Crippen LogP contribution in [-0.4, -0.2) is 148 Å². The van der Waals surface area contributed by atoms with Gasteiger partial charge in [-0.15, -0.1) is 0 Å². The molecule has 5 amide bonds. The van der Waals surface area contributed by atoms with Crippen molar-refractivity contribution in [1.29, 1.82) is 0 Å². The molecule has 84 heavy (non-hydrogen) atoms. The smallest absolute Gasteiger partial charge is 0.410 e. The number of piperazine rings is 1. The van der Waals surface area contributed by atoms with Gasteiger partial charge in [-0.1, -0.05) is 24.0 Å². The molecule has 0 saturated carbocycles. The van der Waals surface area contributed by atoms with Crippen LogP contribution in [0.3, 0.4) is 0 Å². The summed E-state index contributed by atoms with van der Waals surface area (Å²) < 4.78 is 161. The van der Waals surface area contributed by atoms with Gasteiger partial charge in [0.05, 0.1) is 55.0 Å². The van der Waals surface area contributed by atoms with Crippen LogP contribution in [0.15, 0.2) is 67.0 Å². The molecule has 2 aromatic heterocycles. The summed E-state index contributed by atoms with van der Waals surface area (Å²) in [5.74, 6) is 0.519. The highest BCUT2D eigenvalue weighted by atomic mass is 19.4. The number of hydrogen-bond acceptors (Lipinski definition) is 13. The van der Waals surface area contributed by atoms with Gasteiger partial charge in [-0.05, 0) is 116 Å². The zero-order valence-electron chi connectivity index (χ0n) is 47.0. The molecule has 2 saturated heterocycles. The number of nitrogens with zero attached hydrogens (tertiary/aromatic N) is 6. The number of ether oxygens (including phenoxy) is 3. The predicted molar refractivity (Wildman–Crippen MR) is 281 cm³/mol. The summed E-state index contributed by atoms with van der Waals surface area (Å²) >= 11 is 0. The highest BCUT2D eigenvalue weighted by molar-refractivity contribution is 5.87. The van der Waals surface area contributed by atoms with Crippen molar-refractivity contribution < 1.29 is 87.2 Å². The van der Waals surface area contributed by atoms with Gasteiger partial charge in [0.25, 0.3) is 5.91 Å². The van der Waals surface area contributed by atoms with Crippen LogP contribution in [0.4, 0.5) is 64.1 Å². The largest absolute Gasteiger partial charge is 0.453 e. The maximum absolute atomic E-state index is 16.1.